The number of benzene rings is 2. The van der Waals surface area contributed by atoms with Gasteiger partial charge in [0.25, 0.3) is 5.91 Å². The number of rotatable bonds is 4. The second kappa shape index (κ2) is 6.97. The van der Waals surface area contributed by atoms with E-state index in [9.17, 15) is 4.79 Å². The molecule has 1 fully saturated rings. The monoisotopic (exact) mass is 335 g/mol. The van der Waals surface area contributed by atoms with Crippen molar-refractivity contribution in [3.05, 3.63) is 60.3 Å². The summed E-state index contributed by atoms with van der Waals surface area (Å²) in [6.07, 6.45) is 1.92. The minimum absolute atomic E-state index is 0.0138. The number of aromatic nitrogens is 2. The van der Waals surface area contributed by atoms with Crippen molar-refractivity contribution in [1.29, 1.82) is 0 Å². The molecule has 1 saturated heterocycles. The van der Waals surface area contributed by atoms with Crippen LogP contribution in [0.2, 0.25) is 0 Å². The van der Waals surface area contributed by atoms with Gasteiger partial charge < -0.3 is 9.64 Å². The Morgan fingerprint density at radius 1 is 1.08 bits per heavy atom. The van der Waals surface area contributed by atoms with Crippen LogP contribution < -0.4 is 4.74 Å². The number of para-hydroxylation sites is 2. The first-order valence-electron chi connectivity index (χ1n) is 8.71. The molecule has 2 heterocycles. The Morgan fingerprint density at radius 2 is 1.80 bits per heavy atom. The van der Waals surface area contributed by atoms with Crippen molar-refractivity contribution in [2.24, 2.45) is 5.92 Å². The lowest BCUT2D eigenvalue weighted by molar-refractivity contribution is 0.0657. The summed E-state index contributed by atoms with van der Waals surface area (Å²) in [6, 6.07) is 17.6. The number of nitrogens with zero attached hydrogens (tertiary/aromatic N) is 2. The predicted octanol–water partition coefficient (Wildman–Crippen LogP) is 3.49. The lowest BCUT2D eigenvalue weighted by atomic mass is 9.97. The molecule has 2 aromatic carbocycles. The Bertz CT molecular complexity index is 852. The number of ether oxygens (including phenoxy) is 1. The molecule has 0 unspecified atom stereocenters. The highest BCUT2D eigenvalue weighted by Gasteiger charge is 2.26. The minimum Gasteiger partial charge on any atom is -0.493 e. The maximum Gasteiger partial charge on any atom is 0.274 e. The van der Waals surface area contributed by atoms with Crippen molar-refractivity contribution in [2.45, 2.75) is 12.8 Å². The third-order valence-electron chi connectivity index (χ3n) is 4.80. The van der Waals surface area contributed by atoms with Crippen LogP contribution in [0.4, 0.5) is 0 Å². The summed E-state index contributed by atoms with van der Waals surface area (Å²) in [5.74, 6) is 1.41. The lowest BCUT2D eigenvalue weighted by Gasteiger charge is -2.31. The number of aromatic amines is 1. The average Bonchev–Trinajstić information content (AvgIpc) is 3.11. The van der Waals surface area contributed by atoms with E-state index in [1.807, 2.05) is 59.5 Å². The van der Waals surface area contributed by atoms with Gasteiger partial charge in [0.05, 0.1) is 12.1 Å². The molecule has 25 heavy (non-hydrogen) atoms. The van der Waals surface area contributed by atoms with E-state index in [1.165, 1.54) is 0 Å². The van der Waals surface area contributed by atoms with Crippen LogP contribution in [-0.2, 0) is 0 Å². The molecule has 0 atom stereocenters. The number of fused-ring (bicyclic) bond motifs is 1. The minimum atomic E-state index is 0.0138. The molecular weight excluding hydrogens is 314 g/mol. The van der Waals surface area contributed by atoms with Crippen molar-refractivity contribution in [3.63, 3.8) is 0 Å². The van der Waals surface area contributed by atoms with Gasteiger partial charge in [-0.25, -0.2) is 0 Å². The first-order chi connectivity index (χ1) is 12.3. The van der Waals surface area contributed by atoms with Crippen molar-refractivity contribution >= 4 is 16.8 Å². The Hall–Kier alpha value is -2.82. The molecule has 1 aromatic heterocycles. The first-order valence-corrected chi connectivity index (χ1v) is 8.71. The van der Waals surface area contributed by atoms with Gasteiger partial charge in [-0.2, -0.15) is 5.10 Å². The van der Waals surface area contributed by atoms with Crippen molar-refractivity contribution in [2.75, 3.05) is 19.7 Å². The normalized spacial score (nSPS) is 15.4. The summed E-state index contributed by atoms with van der Waals surface area (Å²) in [7, 11) is 0. The second-order valence-corrected chi connectivity index (χ2v) is 6.48. The van der Waals surface area contributed by atoms with Crippen LogP contribution in [0.1, 0.15) is 23.3 Å². The van der Waals surface area contributed by atoms with E-state index in [-0.39, 0.29) is 5.91 Å². The summed E-state index contributed by atoms with van der Waals surface area (Å²) in [5.41, 5.74) is 1.42. The average molecular weight is 335 g/mol. The molecule has 128 valence electrons. The third kappa shape index (κ3) is 3.36. The number of likely N-dealkylation sites (tertiary alicyclic amines) is 1. The van der Waals surface area contributed by atoms with Crippen LogP contribution in [0.15, 0.2) is 54.6 Å². The van der Waals surface area contributed by atoms with Gasteiger partial charge in [0, 0.05) is 18.5 Å². The number of H-pyrrole nitrogens is 1. The van der Waals surface area contributed by atoms with Crippen LogP contribution >= 0.6 is 0 Å². The van der Waals surface area contributed by atoms with E-state index in [4.69, 9.17) is 4.74 Å². The molecule has 1 amide bonds. The molecule has 0 saturated carbocycles. The van der Waals surface area contributed by atoms with E-state index in [0.29, 0.717) is 18.2 Å². The molecular formula is C20H21N3O2. The quantitative estimate of drug-likeness (QED) is 0.794. The van der Waals surface area contributed by atoms with Crippen LogP contribution in [0.5, 0.6) is 5.75 Å². The zero-order chi connectivity index (χ0) is 17.1. The highest BCUT2D eigenvalue weighted by molar-refractivity contribution is 6.04. The lowest BCUT2D eigenvalue weighted by Crippen LogP contribution is -2.39. The number of hydrogen-bond donors (Lipinski definition) is 1. The molecule has 0 aliphatic carbocycles. The zero-order valence-corrected chi connectivity index (χ0v) is 14.0. The predicted molar refractivity (Wildman–Crippen MR) is 96.7 cm³/mol. The molecule has 1 N–H and O–H groups in total. The molecule has 1 aliphatic rings. The number of carbonyl (C=O) groups is 1. The van der Waals surface area contributed by atoms with Gasteiger partial charge in [-0.15, -0.1) is 0 Å². The third-order valence-corrected chi connectivity index (χ3v) is 4.80. The fraction of sp³-hybridized carbons (Fsp3) is 0.300. The van der Waals surface area contributed by atoms with E-state index >= 15 is 0 Å². The summed E-state index contributed by atoms with van der Waals surface area (Å²) < 4.78 is 5.85. The highest BCUT2D eigenvalue weighted by Crippen LogP contribution is 2.22. The summed E-state index contributed by atoms with van der Waals surface area (Å²) >= 11 is 0. The van der Waals surface area contributed by atoms with E-state index < -0.39 is 0 Å². The number of carbonyl (C=O) groups excluding carboxylic acids is 1. The van der Waals surface area contributed by atoms with E-state index in [2.05, 4.69) is 10.2 Å². The van der Waals surface area contributed by atoms with Gasteiger partial charge in [-0.3, -0.25) is 9.89 Å². The van der Waals surface area contributed by atoms with Crippen molar-refractivity contribution < 1.29 is 9.53 Å². The van der Waals surface area contributed by atoms with E-state index in [1.54, 1.807) is 0 Å². The fourth-order valence-corrected chi connectivity index (χ4v) is 3.31. The maximum atomic E-state index is 12.8. The highest BCUT2D eigenvalue weighted by atomic mass is 16.5. The Kier molecular flexibility index (Phi) is 4.37. The SMILES string of the molecule is O=C(c1n[nH]c2ccccc12)N1CCC(COc2ccccc2)CC1. The summed E-state index contributed by atoms with van der Waals surface area (Å²) in [5, 5.41) is 8.05. The fourth-order valence-electron chi connectivity index (χ4n) is 3.31. The maximum absolute atomic E-state index is 12.8. The van der Waals surface area contributed by atoms with E-state index in [0.717, 1.165) is 42.6 Å². The Balaban J connectivity index is 1.34. The van der Waals surface area contributed by atoms with Gasteiger partial charge in [-0.1, -0.05) is 36.4 Å². The molecule has 5 heteroatoms. The molecule has 0 bridgehead atoms. The smallest absolute Gasteiger partial charge is 0.274 e. The number of amides is 1. The van der Waals surface area contributed by atoms with Crippen LogP contribution in [0.3, 0.4) is 0 Å². The van der Waals surface area contributed by atoms with Gasteiger partial charge >= 0.3 is 0 Å². The van der Waals surface area contributed by atoms with Crippen LogP contribution in [-0.4, -0.2) is 40.7 Å². The molecule has 0 radical (unpaired) electrons. The molecule has 4 rings (SSSR count). The second-order valence-electron chi connectivity index (χ2n) is 6.48. The van der Waals surface area contributed by atoms with Crippen molar-refractivity contribution in [1.82, 2.24) is 15.1 Å². The topological polar surface area (TPSA) is 58.2 Å². The van der Waals surface area contributed by atoms with Crippen LogP contribution in [0.25, 0.3) is 10.9 Å². The summed E-state index contributed by atoms with van der Waals surface area (Å²) in [4.78, 5) is 14.7. The number of piperidine rings is 1. The number of nitrogens with one attached hydrogen (secondary N) is 1. The van der Waals surface area contributed by atoms with Crippen molar-refractivity contribution in [3.8, 4) is 5.75 Å². The zero-order valence-electron chi connectivity index (χ0n) is 14.0. The molecule has 5 nitrogen and oxygen atoms in total. The standard InChI is InChI=1S/C20H21N3O2/c24-20(19-17-8-4-5-9-18(17)21-22-19)23-12-10-15(11-13-23)14-25-16-6-2-1-3-7-16/h1-9,15H,10-14H2,(H,21,22). The van der Waals surface area contributed by atoms with Gasteiger partial charge in [0.1, 0.15) is 5.75 Å². The molecule has 0 spiro atoms. The Morgan fingerprint density at radius 3 is 2.60 bits per heavy atom. The largest absolute Gasteiger partial charge is 0.493 e. The van der Waals surface area contributed by atoms with Gasteiger partial charge in [-0.05, 0) is 37.0 Å². The first kappa shape index (κ1) is 15.7. The number of hydrogen-bond acceptors (Lipinski definition) is 3. The molecule has 1 aliphatic heterocycles. The van der Waals surface area contributed by atoms with Crippen LogP contribution in [0, 0.1) is 5.92 Å². The molecule has 3 aromatic rings. The Labute approximate surface area is 146 Å². The summed E-state index contributed by atoms with van der Waals surface area (Å²) in [6.45, 7) is 2.21. The van der Waals surface area contributed by atoms with Gasteiger partial charge in [0.2, 0.25) is 0 Å². The van der Waals surface area contributed by atoms with Gasteiger partial charge in [0.15, 0.2) is 5.69 Å².